The zero-order valence-electron chi connectivity index (χ0n) is 11.1. The number of amides is 1. The highest BCUT2D eigenvalue weighted by Gasteiger charge is 2.31. The van der Waals surface area contributed by atoms with Gasteiger partial charge in [-0.1, -0.05) is 17.7 Å². The zero-order chi connectivity index (χ0) is 16.3. The van der Waals surface area contributed by atoms with Crippen molar-refractivity contribution >= 4 is 23.3 Å². The monoisotopic (exact) mass is 331 g/mol. The van der Waals surface area contributed by atoms with E-state index in [1.54, 1.807) is 0 Å². The van der Waals surface area contributed by atoms with Crippen LogP contribution in [0.4, 0.5) is 19.0 Å². The average molecular weight is 332 g/mol. The van der Waals surface area contributed by atoms with Crippen LogP contribution in [0.15, 0.2) is 30.3 Å². The maximum absolute atomic E-state index is 12.6. The van der Waals surface area contributed by atoms with Crippen molar-refractivity contribution in [3.05, 3.63) is 46.6 Å². The lowest BCUT2D eigenvalue weighted by Crippen LogP contribution is -2.15. The molecule has 0 aliphatic carbocycles. The number of halogens is 4. The number of nitrogens with one attached hydrogen (secondary N) is 1. The Morgan fingerprint density at radius 3 is 2.64 bits per heavy atom. The molecule has 0 aliphatic rings. The Bertz CT molecular complexity index is 707. The molecule has 0 aliphatic heterocycles. The first-order valence-electron chi connectivity index (χ1n) is 5.87. The fraction of sp³-hybridized carbons (Fsp3) is 0.154. The summed E-state index contributed by atoms with van der Waals surface area (Å²) in [6.45, 7) is 0. The molecule has 0 bridgehead atoms. The number of ether oxygens (including phenoxy) is 1. The number of rotatable bonds is 3. The van der Waals surface area contributed by atoms with Gasteiger partial charge in [-0.15, -0.1) is 10.2 Å². The van der Waals surface area contributed by atoms with E-state index in [4.69, 9.17) is 16.3 Å². The van der Waals surface area contributed by atoms with Crippen LogP contribution >= 0.6 is 11.6 Å². The van der Waals surface area contributed by atoms with Crippen molar-refractivity contribution in [2.24, 2.45) is 0 Å². The molecular formula is C13H9ClF3N3O2. The first kappa shape index (κ1) is 16.0. The highest BCUT2D eigenvalue weighted by molar-refractivity contribution is 6.29. The van der Waals surface area contributed by atoms with Crippen LogP contribution in [0.5, 0.6) is 5.75 Å². The molecule has 0 saturated carbocycles. The van der Waals surface area contributed by atoms with Gasteiger partial charge in [0.05, 0.1) is 12.7 Å². The Morgan fingerprint density at radius 1 is 1.27 bits per heavy atom. The molecule has 0 spiro atoms. The van der Waals surface area contributed by atoms with E-state index in [2.05, 4.69) is 15.5 Å². The number of carbonyl (C=O) groups is 1. The van der Waals surface area contributed by atoms with Gasteiger partial charge in [0.2, 0.25) is 0 Å². The van der Waals surface area contributed by atoms with E-state index in [1.807, 2.05) is 0 Å². The first-order valence-corrected chi connectivity index (χ1v) is 6.25. The van der Waals surface area contributed by atoms with Gasteiger partial charge in [-0.3, -0.25) is 4.79 Å². The number of alkyl halides is 3. The predicted octanol–water partition coefficient (Wildman–Crippen LogP) is 3.41. The second-order valence-corrected chi connectivity index (χ2v) is 4.50. The molecule has 1 heterocycles. The van der Waals surface area contributed by atoms with E-state index in [9.17, 15) is 18.0 Å². The lowest BCUT2D eigenvalue weighted by atomic mass is 10.1. The van der Waals surface area contributed by atoms with Crippen LogP contribution in [-0.2, 0) is 6.18 Å². The van der Waals surface area contributed by atoms with Crippen LogP contribution in [0.1, 0.15) is 15.9 Å². The van der Waals surface area contributed by atoms with Gasteiger partial charge in [0.15, 0.2) is 16.7 Å². The van der Waals surface area contributed by atoms with E-state index in [-0.39, 0.29) is 22.3 Å². The minimum absolute atomic E-state index is 0.0469. The van der Waals surface area contributed by atoms with Crippen molar-refractivity contribution in [2.75, 3.05) is 12.4 Å². The molecular weight excluding hydrogens is 323 g/mol. The summed E-state index contributed by atoms with van der Waals surface area (Å²) in [7, 11) is 1.33. The highest BCUT2D eigenvalue weighted by Crippen LogP contribution is 2.30. The Morgan fingerprint density at radius 2 is 2.00 bits per heavy atom. The van der Waals surface area contributed by atoms with Gasteiger partial charge in [0, 0.05) is 11.6 Å². The maximum Gasteiger partial charge on any atom is 0.416 e. The summed E-state index contributed by atoms with van der Waals surface area (Å²) in [5.74, 6) is -0.685. The molecule has 9 heteroatoms. The standard InChI is InChI=1S/C13H9ClF3N3O2/c1-22-9-6-10(14)19-20-11(9)18-12(21)7-3-2-4-8(5-7)13(15,16)17/h2-6H,1H3,(H,18,20,21). The summed E-state index contributed by atoms with van der Waals surface area (Å²) in [5.41, 5.74) is -1.09. The molecule has 1 amide bonds. The third kappa shape index (κ3) is 3.64. The molecule has 0 atom stereocenters. The quantitative estimate of drug-likeness (QED) is 0.936. The fourth-order valence-corrected chi connectivity index (χ4v) is 1.75. The molecule has 116 valence electrons. The second kappa shape index (κ2) is 6.18. The molecule has 2 aromatic rings. The van der Waals surface area contributed by atoms with E-state index >= 15 is 0 Å². The number of anilines is 1. The minimum atomic E-state index is -4.53. The van der Waals surface area contributed by atoms with Crippen LogP contribution in [0.2, 0.25) is 5.15 Å². The average Bonchev–Trinajstić information content (AvgIpc) is 2.48. The topological polar surface area (TPSA) is 64.1 Å². The summed E-state index contributed by atoms with van der Waals surface area (Å²) >= 11 is 5.63. The molecule has 0 saturated heterocycles. The molecule has 2 rings (SSSR count). The number of carbonyl (C=O) groups excluding carboxylic acids is 1. The van der Waals surface area contributed by atoms with E-state index in [0.717, 1.165) is 18.2 Å². The summed E-state index contributed by atoms with van der Waals surface area (Å²) in [4.78, 5) is 12.0. The number of aromatic nitrogens is 2. The zero-order valence-corrected chi connectivity index (χ0v) is 11.9. The molecule has 1 N–H and O–H groups in total. The van der Waals surface area contributed by atoms with Crippen molar-refractivity contribution in [2.45, 2.75) is 6.18 Å². The minimum Gasteiger partial charge on any atom is -0.493 e. The normalized spacial score (nSPS) is 11.1. The van der Waals surface area contributed by atoms with Crippen LogP contribution in [0, 0.1) is 0 Å². The van der Waals surface area contributed by atoms with E-state index in [1.165, 1.54) is 19.2 Å². The molecule has 0 radical (unpaired) electrons. The smallest absolute Gasteiger partial charge is 0.416 e. The van der Waals surface area contributed by atoms with Crippen LogP contribution < -0.4 is 10.1 Å². The summed E-state index contributed by atoms with van der Waals surface area (Å²) in [6, 6.07) is 5.32. The fourth-order valence-electron chi connectivity index (χ4n) is 1.61. The van der Waals surface area contributed by atoms with Gasteiger partial charge in [-0.25, -0.2) is 0 Å². The lowest BCUT2D eigenvalue weighted by Gasteiger charge is -2.10. The Kier molecular flexibility index (Phi) is 4.51. The van der Waals surface area contributed by atoms with Gasteiger partial charge < -0.3 is 10.1 Å². The molecule has 0 unspecified atom stereocenters. The molecule has 22 heavy (non-hydrogen) atoms. The van der Waals surface area contributed by atoms with Crippen molar-refractivity contribution in [1.29, 1.82) is 0 Å². The molecule has 1 aromatic carbocycles. The molecule has 0 fully saturated rings. The number of benzene rings is 1. The third-order valence-electron chi connectivity index (χ3n) is 2.63. The summed E-state index contributed by atoms with van der Waals surface area (Å²) < 4.78 is 42.9. The van der Waals surface area contributed by atoms with Crippen LogP contribution in [0.3, 0.4) is 0 Å². The van der Waals surface area contributed by atoms with Crippen molar-refractivity contribution in [3.63, 3.8) is 0 Å². The van der Waals surface area contributed by atoms with Gasteiger partial charge in [-0.2, -0.15) is 13.2 Å². The van der Waals surface area contributed by atoms with E-state index < -0.39 is 17.6 Å². The summed E-state index contributed by atoms with van der Waals surface area (Å²) in [5, 5.41) is 9.53. The molecule has 5 nitrogen and oxygen atoms in total. The lowest BCUT2D eigenvalue weighted by molar-refractivity contribution is -0.137. The Labute approximate surface area is 128 Å². The van der Waals surface area contributed by atoms with Crippen LogP contribution in [0.25, 0.3) is 0 Å². The maximum atomic E-state index is 12.6. The van der Waals surface area contributed by atoms with Gasteiger partial charge >= 0.3 is 6.18 Å². The Hall–Kier alpha value is -2.35. The summed E-state index contributed by atoms with van der Waals surface area (Å²) in [6.07, 6.45) is -4.53. The third-order valence-corrected chi connectivity index (χ3v) is 2.82. The number of nitrogens with zero attached hydrogens (tertiary/aromatic N) is 2. The van der Waals surface area contributed by atoms with Gasteiger partial charge in [0.1, 0.15) is 0 Å². The number of hydrogen-bond acceptors (Lipinski definition) is 4. The van der Waals surface area contributed by atoms with Gasteiger partial charge in [0.25, 0.3) is 5.91 Å². The van der Waals surface area contributed by atoms with Crippen molar-refractivity contribution < 1.29 is 22.7 Å². The van der Waals surface area contributed by atoms with Crippen LogP contribution in [-0.4, -0.2) is 23.2 Å². The van der Waals surface area contributed by atoms with E-state index in [0.29, 0.717) is 0 Å². The SMILES string of the molecule is COc1cc(Cl)nnc1NC(=O)c1cccc(C(F)(F)F)c1. The molecule has 1 aromatic heterocycles. The largest absolute Gasteiger partial charge is 0.493 e. The number of hydrogen-bond donors (Lipinski definition) is 1. The van der Waals surface area contributed by atoms with Crippen molar-refractivity contribution in [1.82, 2.24) is 10.2 Å². The first-order chi connectivity index (χ1) is 10.3. The van der Waals surface area contributed by atoms with Gasteiger partial charge in [-0.05, 0) is 18.2 Å². The number of methoxy groups -OCH3 is 1. The highest BCUT2D eigenvalue weighted by atomic mass is 35.5. The predicted molar refractivity (Wildman–Crippen MR) is 73.0 cm³/mol. The Balaban J connectivity index is 2.27. The van der Waals surface area contributed by atoms with Crippen molar-refractivity contribution in [3.8, 4) is 5.75 Å². The second-order valence-electron chi connectivity index (χ2n) is 4.12.